The van der Waals surface area contributed by atoms with Crippen molar-refractivity contribution >= 4 is 5.78 Å². The van der Waals surface area contributed by atoms with Crippen LogP contribution in [0.3, 0.4) is 0 Å². The molecule has 0 aromatic heterocycles. The van der Waals surface area contributed by atoms with Crippen molar-refractivity contribution in [2.75, 3.05) is 0 Å². The zero-order valence-corrected chi connectivity index (χ0v) is 12.7. The fourth-order valence-corrected chi connectivity index (χ4v) is 1.62. The van der Waals surface area contributed by atoms with Gasteiger partial charge in [-0.1, -0.05) is 13.3 Å². The van der Waals surface area contributed by atoms with Gasteiger partial charge >= 0.3 is 35.8 Å². The minimum Gasteiger partial charge on any atom is -0.299 e. The highest BCUT2D eigenvalue weighted by atomic mass is 19.4. The van der Waals surface area contributed by atoms with Gasteiger partial charge in [0.05, 0.1) is 6.42 Å². The van der Waals surface area contributed by atoms with E-state index in [9.17, 15) is 61.9 Å². The van der Waals surface area contributed by atoms with E-state index in [0.29, 0.717) is 0 Å². The lowest BCUT2D eigenvalue weighted by atomic mass is 9.91. The van der Waals surface area contributed by atoms with Crippen LogP contribution in [0.25, 0.3) is 0 Å². The van der Waals surface area contributed by atoms with E-state index in [1.165, 1.54) is 6.92 Å². The van der Waals surface area contributed by atoms with Crippen LogP contribution >= 0.6 is 0 Å². The van der Waals surface area contributed by atoms with Crippen molar-refractivity contribution in [3.05, 3.63) is 0 Å². The molecule has 0 aromatic rings. The van der Waals surface area contributed by atoms with E-state index >= 15 is 0 Å². The molecule has 0 rings (SSSR count). The van der Waals surface area contributed by atoms with Crippen LogP contribution in [0.15, 0.2) is 0 Å². The quantitative estimate of drug-likeness (QED) is 0.428. The van der Waals surface area contributed by atoms with E-state index in [4.69, 9.17) is 0 Å². The van der Waals surface area contributed by atoms with Crippen LogP contribution in [0.1, 0.15) is 32.6 Å². The molecule has 0 bridgehead atoms. The van der Waals surface area contributed by atoms with Gasteiger partial charge in [0.1, 0.15) is 5.78 Å². The SMILES string of the molecule is CCCCC(=O)CC(F)(F)C(F)(F)C(F)(F)C(F)(F)C(F)(F)C(F)(F)F. The number of halogens is 13. The van der Waals surface area contributed by atoms with Crippen LogP contribution in [0.4, 0.5) is 57.1 Å². The summed E-state index contributed by atoms with van der Waals surface area (Å²) in [5, 5.41) is 0. The van der Waals surface area contributed by atoms with E-state index in [-0.39, 0.29) is 12.8 Å². The highest BCUT2D eigenvalue weighted by molar-refractivity contribution is 5.79. The second-order valence-corrected chi connectivity index (χ2v) is 5.32. The van der Waals surface area contributed by atoms with Crippen LogP contribution < -0.4 is 0 Å². The third-order valence-corrected chi connectivity index (χ3v) is 3.23. The highest BCUT2D eigenvalue weighted by Crippen LogP contribution is 2.60. The molecule has 0 aliphatic heterocycles. The average molecular weight is 418 g/mol. The molecule has 0 aromatic carbocycles. The molecule has 0 heterocycles. The molecule has 0 unspecified atom stereocenters. The summed E-state index contributed by atoms with van der Waals surface area (Å²) in [4.78, 5) is 11.0. The first-order chi connectivity index (χ1) is 11.2. The number of hydrogen-bond acceptors (Lipinski definition) is 1. The van der Waals surface area contributed by atoms with Crippen LogP contribution in [-0.2, 0) is 4.79 Å². The van der Waals surface area contributed by atoms with Gasteiger partial charge in [0, 0.05) is 6.42 Å². The van der Waals surface area contributed by atoms with Gasteiger partial charge in [0.2, 0.25) is 0 Å². The number of hydrogen-bond donors (Lipinski definition) is 0. The minimum absolute atomic E-state index is 0.166. The zero-order chi connectivity index (χ0) is 21.4. The molecule has 156 valence electrons. The first-order valence-corrected chi connectivity index (χ1v) is 6.68. The number of alkyl halides is 13. The van der Waals surface area contributed by atoms with E-state index in [1.54, 1.807) is 0 Å². The summed E-state index contributed by atoms with van der Waals surface area (Å²) in [6.07, 6.45) is -11.0. The summed E-state index contributed by atoms with van der Waals surface area (Å²) in [6, 6.07) is 0. The first-order valence-electron chi connectivity index (χ1n) is 6.68. The predicted octanol–water partition coefficient (Wildman–Crippen LogP) is 5.87. The Morgan fingerprint density at radius 2 is 1.04 bits per heavy atom. The van der Waals surface area contributed by atoms with E-state index in [2.05, 4.69) is 0 Å². The molecule has 0 saturated carbocycles. The number of unbranched alkanes of at least 4 members (excludes halogenated alkanes) is 1. The second kappa shape index (κ2) is 7.06. The van der Waals surface area contributed by atoms with Crippen molar-refractivity contribution in [1.29, 1.82) is 0 Å². The van der Waals surface area contributed by atoms with Gasteiger partial charge < -0.3 is 0 Å². The van der Waals surface area contributed by atoms with Crippen molar-refractivity contribution in [3.63, 3.8) is 0 Å². The maximum atomic E-state index is 13.3. The van der Waals surface area contributed by atoms with E-state index in [0.717, 1.165) is 0 Å². The average Bonchev–Trinajstić information content (AvgIpc) is 2.42. The fraction of sp³-hybridized carbons (Fsp3) is 0.917. The third kappa shape index (κ3) is 3.87. The molecule has 0 radical (unpaired) electrons. The summed E-state index contributed by atoms with van der Waals surface area (Å²) < 4.78 is 166. The summed E-state index contributed by atoms with van der Waals surface area (Å²) >= 11 is 0. The standard InChI is InChI=1S/C12H11F13O/c1-2-3-4-6(26)5-7(13,14)8(15,16)9(17,18)10(19,20)11(21,22)12(23,24)25/h2-5H2,1H3. The summed E-state index contributed by atoms with van der Waals surface area (Å²) in [5.74, 6) is -39.0. The Morgan fingerprint density at radius 1 is 0.654 bits per heavy atom. The highest BCUT2D eigenvalue weighted by Gasteiger charge is 2.90. The summed E-state index contributed by atoms with van der Waals surface area (Å²) in [7, 11) is 0. The topological polar surface area (TPSA) is 17.1 Å². The Balaban J connectivity index is 5.96. The van der Waals surface area contributed by atoms with Gasteiger partial charge in [-0.2, -0.15) is 57.1 Å². The maximum absolute atomic E-state index is 13.3. The van der Waals surface area contributed by atoms with Crippen LogP contribution in [0.2, 0.25) is 0 Å². The van der Waals surface area contributed by atoms with Crippen molar-refractivity contribution in [2.24, 2.45) is 0 Å². The molecule has 0 aliphatic carbocycles. The number of ketones is 1. The molecular weight excluding hydrogens is 407 g/mol. The molecule has 0 N–H and O–H groups in total. The number of carbonyl (C=O) groups excluding carboxylic acids is 1. The van der Waals surface area contributed by atoms with Crippen LogP contribution in [0, 0.1) is 0 Å². The predicted molar refractivity (Wildman–Crippen MR) is 59.9 cm³/mol. The molecule has 0 fully saturated rings. The third-order valence-electron chi connectivity index (χ3n) is 3.23. The Bertz CT molecular complexity index is 506. The smallest absolute Gasteiger partial charge is 0.299 e. The number of Topliss-reactive ketones (excluding diaryl/α,β-unsaturated/α-hetero) is 1. The number of carbonyl (C=O) groups is 1. The maximum Gasteiger partial charge on any atom is 0.460 e. The van der Waals surface area contributed by atoms with Crippen molar-refractivity contribution in [2.45, 2.75) is 68.4 Å². The molecular formula is C12H11F13O. The van der Waals surface area contributed by atoms with Crippen molar-refractivity contribution in [1.82, 2.24) is 0 Å². The number of rotatable bonds is 9. The van der Waals surface area contributed by atoms with Crippen LogP contribution in [0.5, 0.6) is 0 Å². The molecule has 1 nitrogen and oxygen atoms in total. The van der Waals surface area contributed by atoms with Gasteiger partial charge in [0.15, 0.2) is 0 Å². The van der Waals surface area contributed by atoms with E-state index < -0.39 is 54.4 Å². The largest absolute Gasteiger partial charge is 0.460 e. The van der Waals surface area contributed by atoms with Gasteiger partial charge in [-0.15, -0.1) is 0 Å². The Hall–Kier alpha value is -1.24. The lowest BCUT2D eigenvalue weighted by molar-refractivity contribution is -0.439. The lowest BCUT2D eigenvalue weighted by Crippen LogP contribution is -2.70. The molecule has 0 atom stereocenters. The fourth-order valence-electron chi connectivity index (χ4n) is 1.62. The molecule has 0 spiro atoms. The molecule has 0 amide bonds. The Kier molecular flexibility index (Phi) is 6.72. The summed E-state index contributed by atoms with van der Waals surface area (Å²) in [6.45, 7) is 1.41. The van der Waals surface area contributed by atoms with Gasteiger partial charge in [-0.25, -0.2) is 0 Å². The monoisotopic (exact) mass is 418 g/mol. The normalized spacial score (nSPS) is 15.3. The Labute approximate surface area is 137 Å². The van der Waals surface area contributed by atoms with E-state index in [1.807, 2.05) is 0 Å². The van der Waals surface area contributed by atoms with Crippen molar-refractivity contribution in [3.8, 4) is 0 Å². The first kappa shape index (κ1) is 24.8. The molecule has 0 saturated heterocycles. The van der Waals surface area contributed by atoms with Crippen LogP contribution in [-0.4, -0.2) is 41.6 Å². The van der Waals surface area contributed by atoms with Crippen molar-refractivity contribution < 1.29 is 61.9 Å². The van der Waals surface area contributed by atoms with Gasteiger partial charge in [0.25, 0.3) is 0 Å². The van der Waals surface area contributed by atoms with Gasteiger partial charge in [-0.05, 0) is 6.42 Å². The Morgan fingerprint density at radius 3 is 1.38 bits per heavy atom. The lowest BCUT2D eigenvalue weighted by Gasteiger charge is -2.39. The molecule has 0 aliphatic rings. The van der Waals surface area contributed by atoms with Gasteiger partial charge in [-0.3, -0.25) is 4.79 Å². The zero-order valence-electron chi connectivity index (χ0n) is 12.7. The second-order valence-electron chi connectivity index (χ2n) is 5.32. The summed E-state index contributed by atoms with van der Waals surface area (Å²) in [5.41, 5.74) is 0. The molecule has 26 heavy (non-hydrogen) atoms. The molecule has 14 heteroatoms. The minimum atomic E-state index is -7.93.